The molecule has 2 aliphatic heterocycles. The van der Waals surface area contributed by atoms with E-state index >= 15 is 0 Å². The minimum absolute atomic E-state index is 0.154. The first-order valence-corrected chi connectivity index (χ1v) is 6.08. The zero-order valence-electron chi connectivity index (χ0n) is 10.7. The Balaban J connectivity index is 1.83. The monoisotopic (exact) mass is 243 g/mol. The molecular formula is C12H21NO4. The number of aliphatic hydroxyl groups is 1. The summed E-state index contributed by atoms with van der Waals surface area (Å²) in [5.41, 5.74) is -1.26. The fourth-order valence-corrected chi connectivity index (χ4v) is 2.29. The summed E-state index contributed by atoms with van der Waals surface area (Å²) in [6.45, 7) is 7.52. The second-order valence-corrected chi connectivity index (χ2v) is 6.00. The molecular weight excluding hydrogens is 222 g/mol. The highest BCUT2D eigenvalue weighted by Gasteiger charge is 2.51. The van der Waals surface area contributed by atoms with Gasteiger partial charge in [-0.1, -0.05) is 0 Å². The lowest BCUT2D eigenvalue weighted by Crippen LogP contribution is -2.67. The molecule has 0 aromatic carbocycles. The van der Waals surface area contributed by atoms with Gasteiger partial charge in [0.25, 0.3) is 0 Å². The summed E-state index contributed by atoms with van der Waals surface area (Å²) in [5, 5.41) is 10.3. The van der Waals surface area contributed by atoms with Crippen LogP contribution in [0.5, 0.6) is 0 Å². The van der Waals surface area contributed by atoms with Gasteiger partial charge in [-0.05, 0) is 27.2 Å². The molecule has 0 aromatic rings. The third-order valence-corrected chi connectivity index (χ3v) is 3.27. The van der Waals surface area contributed by atoms with Gasteiger partial charge < -0.3 is 19.5 Å². The minimum atomic E-state index is -0.770. The van der Waals surface area contributed by atoms with Gasteiger partial charge in [0.2, 0.25) is 0 Å². The van der Waals surface area contributed by atoms with Crippen molar-refractivity contribution >= 4 is 6.09 Å². The topological polar surface area (TPSA) is 59.0 Å². The molecule has 2 heterocycles. The Morgan fingerprint density at radius 2 is 2.12 bits per heavy atom. The molecule has 0 saturated carbocycles. The van der Waals surface area contributed by atoms with Gasteiger partial charge in [0.1, 0.15) is 11.2 Å². The third-order valence-electron chi connectivity index (χ3n) is 3.27. The lowest BCUT2D eigenvalue weighted by Gasteiger charge is -2.49. The Morgan fingerprint density at radius 3 is 2.59 bits per heavy atom. The SMILES string of the molecule is CC(C)(C)OC(=O)N1CC(O)(C2CCOC2)C1. The van der Waals surface area contributed by atoms with Crippen LogP contribution in [-0.2, 0) is 9.47 Å². The van der Waals surface area contributed by atoms with Gasteiger partial charge in [-0.25, -0.2) is 4.79 Å². The van der Waals surface area contributed by atoms with Crippen LogP contribution in [0.4, 0.5) is 4.79 Å². The van der Waals surface area contributed by atoms with E-state index in [1.165, 1.54) is 0 Å². The van der Waals surface area contributed by atoms with E-state index < -0.39 is 11.2 Å². The fourth-order valence-electron chi connectivity index (χ4n) is 2.29. The van der Waals surface area contributed by atoms with Gasteiger partial charge in [-0.3, -0.25) is 0 Å². The Kier molecular flexibility index (Phi) is 3.08. The van der Waals surface area contributed by atoms with Crippen molar-refractivity contribution in [2.24, 2.45) is 5.92 Å². The second kappa shape index (κ2) is 4.14. The lowest BCUT2D eigenvalue weighted by atomic mass is 9.80. The van der Waals surface area contributed by atoms with Crippen LogP contribution < -0.4 is 0 Å². The van der Waals surface area contributed by atoms with Crippen LogP contribution >= 0.6 is 0 Å². The van der Waals surface area contributed by atoms with Gasteiger partial charge in [-0.15, -0.1) is 0 Å². The molecule has 17 heavy (non-hydrogen) atoms. The summed E-state index contributed by atoms with van der Waals surface area (Å²) in [6.07, 6.45) is 0.527. The van der Waals surface area contributed by atoms with Crippen molar-refractivity contribution in [1.82, 2.24) is 4.90 Å². The second-order valence-electron chi connectivity index (χ2n) is 6.00. The molecule has 0 radical (unpaired) electrons. The largest absolute Gasteiger partial charge is 0.444 e. The molecule has 0 aliphatic carbocycles. The molecule has 1 N–H and O–H groups in total. The maximum absolute atomic E-state index is 11.7. The third kappa shape index (κ3) is 2.72. The van der Waals surface area contributed by atoms with Crippen molar-refractivity contribution in [3.8, 4) is 0 Å². The van der Waals surface area contributed by atoms with Gasteiger partial charge in [0.05, 0.1) is 19.7 Å². The lowest BCUT2D eigenvalue weighted by molar-refractivity contribution is -0.131. The molecule has 0 bridgehead atoms. The minimum Gasteiger partial charge on any atom is -0.444 e. The highest BCUT2D eigenvalue weighted by atomic mass is 16.6. The van der Waals surface area contributed by atoms with Gasteiger partial charge in [0.15, 0.2) is 0 Å². The summed E-state index contributed by atoms with van der Waals surface area (Å²) in [4.78, 5) is 13.3. The van der Waals surface area contributed by atoms with Crippen LogP contribution in [0.25, 0.3) is 0 Å². The van der Waals surface area contributed by atoms with Crippen molar-refractivity contribution in [1.29, 1.82) is 0 Å². The van der Waals surface area contributed by atoms with E-state index in [0.29, 0.717) is 26.3 Å². The highest BCUT2D eigenvalue weighted by Crippen LogP contribution is 2.34. The summed E-state index contributed by atoms with van der Waals surface area (Å²) < 4.78 is 10.5. The number of hydrogen-bond donors (Lipinski definition) is 1. The Hall–Kier alpha value is -0.810. The first-order valence-electron chi connectivity index (χ1n) is 6.08. The van der Waals surface area contributed by atoms with E-state index in [1.54, 1.807) is 4.90 Å². The molecule has 2 rings (SSSR count). The molecule has 98 valence electrons. The first kappa shape index (κ1) is 12.6. The number of nitrogens with zero attached hydrogens (tertiary/aromatic N) is 1. The predicted octanol–water partition coefficient (Wildman–Crippen LogP) is 1.00. The molecule has 1 amide bonds. The Bertz CT molecular complexity index is 298. The van der Waals surface area contributed by atoms with E-state index in [0.717, 1.165) is 6.42 Å². The predicted molar refractivity (Wildman–Crippen MR) is 61.7 cm³/mol. The number of carbonyl (C=O) groups excluding carboxylic acids is 1. The van der Waals surface area contributed by atoms with Crippen molar-refractivity contribution in [3.05, 3.63) is 0 Å². The standard InChI is InChI=1S/C12H21NO4/c1-11(2,3)17-10(14)13-7-12(15,8-13)9-4-5-16-6-9/h9,15H,4-8H2,1-3H3. The number of ether oxygens (including phenoxy) is 2. The molecule has 1 atom stereocenters. The van der Waals surface area contributed by atoms with Gasteiger partial charge in [-0.2, -0.15) is 0 Å². The number of hydrogen-bond acceptors (Lipinski definition) is 4. The normalized spacial score (nSPS) is 27.8. The van der Waals surface area contributed by atoms with Crippen molar-refractivity contribution < 1.29 is 19.4 Å². The molecule has 5 heteroatoms. The molecule has 2 saturated heterocycles. The molecule has 0 aromatic heterocycles. The van der Waals surface area contributed by atoms with E-state index in [9.17, 15) is 9.90 Å². The average Bonchev–Trinajstić information content (AvgIpc) is 2.62. The van der Waals surface area contributed by atoms with Crippen molar-refractivity contribution in [2.45, 2.75) is 38.4 Å². The number of likely N-dealkylation sites (tertiary alicyclic amines) is 1. The molecule has 1 unspecified atom stereocenters. The zero-order chi connectivity index (χ0) is 12.7. The summed E-state index contributed by atoms with van der Waals surface area (Å²) in [6, 6.07) is 0. The number of carbonyl (C=O) groups is 1. The van der Waals surface area contributed by atoms with Crippen LogP contribution in [0.1, 0.15) is 27.2 Å². The average molecular weight is 243 g/mol. The smallest absolute Gasteiger partial charge is 0.410 e. The van der Waals surface area contributed by atoms with Gasteiger partial charge in [0, 0.05) is 12.5 Å². The molecule has 5 nitrogen and oxygen atoms in total. The molecule has 2 fully saturated rings. The Labute approximate surface area is 102 Å². The quantitative estimate of drug-likeness (QED) is 0.746. The molecule has 0 spiro atoms. The maximum Gasteiger partial charge on any atom is 0.410 e. The summed E-state index contributed by atoms with van der Waals surface area (Å²) >= 11 is 0. The van der Waals surface area contributed by atoms with Crippen LogP contribution in [-0.4, -0.2) is 53.6 Å². The number of amides is 1. The van der Waals surface area contributed by atoms with Crippen LogP contribution in [0.2, 0.25) is 0 Å². The van der Waals surface area contributed by atoms with Crippen molar-refractivity contribution in [3.63, 3.8) is 0 Å². The van der Waals surface area contributed by atoms with Crippen LogP contribution in [0, 0.1) is 5.92 Å². The first-order chi connectivity index (χ1) is 7.80. The Morgan fingerprint density at radius 1 is 1.47 bits per heavy atom. The van der Waals surface area contributed by atoms with Gasteiger partial charge >= 0.3 is 6.09 Å². The van der Waals surface area contributed by atoms with Crippen LogP contribution in [0.15, 0.2) is 0 Å². The van der Waals surface area contributed by atoms with E-state index in [2.05, 4.69) is 0 Å². The fraction of sp³-hybridized carbons (Fsp3) is 0.917. The van der Waals surface area contributed by atoms with E-state index in [-0.39, 0.29) is 12.0 Å². The number of β-amino-alcohol motifs (C(OH)–C–C–N with tert-alkyl or cyclic N) is 1. The number of rotatable bonds is 1. The van der Waals surface area contributed by atoms with Crippen molar-refractivity contribution in [2.75, 3.05) is 26.3 Å². The summed E-state index contributed by atoms with van der Waals surface area (Å²) in [5.74, 6) is 0.154. The van der Waals surface area contributed by atoms with Crippen LogP contribution in [0.3, 0.4) is 0 Å². The molecule has 2 aliphatic rings. The zero-order valence-corrected chi connectivity index (χ0v) is 10.7. The van der Waals surface area contributed by atoms with E-state index in [1.807, 2.05) is 20.8 Å². The van der Waals surface area contributed by atoms with E-state index in [4.69, 9.17) is 9.47 Å². The highest BCUT2D eigenvalue weighted by molar-refractivity contribution is 5.69. The maximum atomic E-state index is 11.7. The summed E-state index contributed by atoms with van der Waals surface area (Å²) in [7, 11) is 0.